The SMILES string of the molecule is CCCC1(C(=O)O)CCN(C(=O)c2cc(Br)c(Br)s2)C1. The van der Waals surface area contributed by atoms with Crippen LogP contribution >= 0.6 is 43.2 Å². The maximum Gasteiger partial charge on any atom is 0.311 e. The Morgan fingerprint density at radius 3 is 2.70 bits per heavy atom. The van der Waals surface area contributed by atoms with Crippen molar-refractivity contribution < 1.29 is 14.7 Å². The van der Waals surface area contributed by atoms with Crippen LogP contribution in [0.3, 0.4) is 0 Å². The minimum atomic E-state index is -0.789. The summed E-state index contributed by atoms with van der Waals surface area (Å²) >= 11 is 8.09. The van der Waals surface area contributed by atoms with Crippen molar-refractivity contribution >= 4 is 55.1 Å². The van der Waals surface area contributed by atoms with Gasteiger partial charge in [-0.3, -0.25) is 9.59 Å². The van der Waals surface area contributed by atoms with Crippen LogP contribution in [0.15, 0.2) is 14.3 Å². The lowest BCUT2D eigenvalue weighted by molar-refractivity contribution is -0.148. The van der Waals surface area contributed by atoms with Gasteiger partial charge in [-0.1, -0.05) is 13.3 Å². The Kier molecular flexibility index (Phi) is 4.92. The summed E-state index contributed by atoms with van der Waals surface area (Å²) in [6.07, 6.45) is 1.96. The van der Waals surface area contributed by atoms with E-state index < -0.39 is 11.4 Å². The number of carboxylic acids is 1. The number of carboxylic acid groups (broad SMARTS) is 1. The van der Waals surface area contributed by atoms with Crippen molar-refractivity contribution in [3.63, 3.8) is 0 Å². The van der Waals surface area contributed by atoms with Gasteiger partial charge in [-0.15, -0.1) is 11.3 Å². The first-order chi connectivity index (χ1) is 9.39. The molecule has 1 fully saturated rings. The number of thiophene rings is 1. The molecule has 1 aliphatic heterocycles. The van der Waals surface area contributed by atoms with Crippen LogP contribution in [0.1, 0.15) is 35.9 Å². The minimum Gasteiger partial charge on any atom is -0.481 e. The summed E-state index contributed by atoms with van der Waals surface area (Å²) in [5.41, 5.74) is -0.768. The summed E-state index contributed by atoms with van der Waals surface area (Å²) in [6, 6.07) is 1.78. The van der Waals surface area contributed by atoms with Gasteiger partial charge in [-0.25, -0.2) is 0 Å². The number of carbonyl (C=O) groups is 2. The average molecular weight is 425 g/mol. The average Bonchev–Trinajstić information content (AvgIpc) is 2.95. The zero-order valence-electron chi connectivity index (χ0n) is 11.0. The number of hydrogen-bond donors (Lipinski definition) is 1. The highest BCUT2D eigenvalue weighted by Gasteiger charge is 2.45. The molecule has 110 valence electrons. The Morgan fingerprint density at radius 2 is 2.20 bits per heavy atom. The van der Waals surface area contributed by atoms with Crippen LogP contribution in [0.4, 0.5) is 0 Å². The molecule has 1 aromatic rings. The predicted octanol–water partition coefficient (Wildman–Crippen LogP) is 3.99. The molecule has 0 bridgehead atoms. The van der Waals surface area contributed by atoms with Gasteiger partial charge in [0.2, 0.25) is 0 Å². The molecule has 0 saturated carbocycles. The van der Waals surface area contributed by atoms with Crippen molar-refractivity contribution in [1.82, 2.24) is 4.90 Å². The molecule has 1 N–H and O–H groups in total. The van der Waals surface area contributed by atoms with Crippen molar-refractivity contribution in [2.75, 3.05) is 13.1 Å². The lowest BCUT2D eigenvalue weighted by Gasteiger charge is -2.23. The van der Waals surface area contributed by atoms with E-state index in [-0.39, 0.29) is 5.91 Å². The maximum absolute atomic E-state index is 12.4. The van der Waals surface area contributed by atoms with Crippen LogP contribution in [0.2, 0.25) is 0 Å². The molecule has 1 unspecified atom stereocenters. The van der Waals surface area contributed by atoms with E-state index in [1.807, 2.05) is 6.92 Å². The molecule has 4 nitrogen and oxygen atoms in total. The Bertz CT molecular complexity index is 526. The van der Waals surface area contributed by atoms with E-state index in [0.29, 0.717) is 30.8 Å². The third-order valence-corrected chi connectivity index (χ3v) is 6.92. The molecule has 1 aliphatic rings. The topological polar surface area (TPSA) is 57.6 Å². The first-order valence-corrected chi connectivity index (χ1v) is 8.77. The van der Waals surface area contributed by atoms with Gasteiger partial charge in [-0.2, -0.15) is 0 Å². The van der Waals surface area contributed by atoms with Crippen molar-refractivity contribution in [2.24, 2.45) is 5.41 Å². The number of likely N-dealkylation sites (tertiary alicyclic amines) is 1. The summed E-state index contributed by atoms with van der Waals surface area (Å²) in [5.74, 6) is -0.871. The molecule has 2 heterocycles. The minimum absolute atomic E-state index is 0.0828. The molecular formula is C13H15Br2NO3S. The Labute approximate surface area is 138 Å². The second kappa shape index (κ2) is 6.15. The Hall–Kier alpha value is -0.400. The highest BCUT2D eigenvalue weighted by atomic mass is 79.9. The molecule has 0 aliphatic carbocycles. The summed E-state index contributed by atoms with van der Waals surface area (Å²) < 4.78 is 1.72. The highest BCUT2D eigenvalue weighted by molar-refractivity contribution is 9.13. The molecule has 1 amide bonds. The second-order valence-electron chi connectivity index (χ2n) is 5.04. The van der Waals surface area contributed by atoms with Gasteiger partial charge in [-0.05, 0) is 50.8 Å². The standard InChI is InChI=1S/C13H15Br2NO3S/c1-2-3-13(12(18)19)4-5-16(7-13)11(17)9-6-8(14)10(15)20-9/h6H,2-5,7H2,1H3,(H,18,19). The second-order valence-corrected chi connectivity index (χ2v) is 8.27. The Balaban J connectivity index is 2.16. The van der Waals surface area contributed by atoms with E-state index >= 15 is 0 Å². The van der Waals surface area contributed by atoms with E-state index in [2.05, 4.69) is 31.9 Å². The predicted molar refractivity (Wildman–Crippen MR) is 85.2 cm³/mol. The van der Waals surface area contributed by atoms with Crippen molar-refractivity contribution in [1.29, 1.82) is 0 Å². The number of carbonyl (C=O) groups excluding carboxylic acids is 1. The first kappa shape index (κ1) is 16.0. The van der Waals surface area contributed by atoms with Crippen molar-refractivity contribution in [3.8, 4) is 0 Å². The number of amides is 1. The number of aliphatic carboxylic acids is 1. The molecule has 2 rings (SSSR count). The van der Waals surface area contributed by atoms with Crippen molar-refractivity contribution in [2.45, 2.75) is 26.2 Å². The quantitative estimate of drug-likeness (QED) is 0.794. The van der Waals surface area contributed by atoms with Crippen molar-refractivity contribution in [3.05, 3.63) is 19.2 Å². The summed E-state index contributed by atoms with van der Waals surface area (Å²) in [7, 11) is 0. The van der Waals surface area contributed by atoms with Gasteiger partial charge in [0.05, 0.1) is 14.1 Å². The fourth-order valence-corrected chi connectivity index (χ4v) is 4.62. The number of rotatable bonds is 4. The van der Waals surface area contributed by atoms with Gasteiger partial charge in [0.1, 0.15) is 0 Å². The van der Waals surface area contributed by atoms with Gasteiger partial charge >= 0.3 is 5.97 Å². The van der Waals surface area contributed by atoms with E-state index in [0.717, 1.165) is 14.7 Å². The Morgan fingerprint density at radius 1 is 1.50 bits per heavy atom. The smallest absolute Gasteiger partial charge is 0.311 e. The first-order valence-electron chi connectivity index (χ1n) is 6.37. The lowest BCUT2D eigenvalue weighted by atomic mass is 9.83. The largest absolute Gasteiger partial charge is 0.481 e. The third kappa shape index (κ3) is 2.94. The molecule has 7 heteroatoms. The highest BCUT2D eigenvalue weighted by Crippen LogP contribution is 2.38. The van der Waals surface area contributed by atoms with E-state index in [1.165, 1.54) is 11.3 Å². The van der Waals surface area contributed by atoms with E-state index in [9.17, 15) is 14.7 Å². The summed E-state index contributed by atoms with van der Waals surface area (Å²) in [6.45, 7) is 2.79. The normalized spacial score (nSPS) is 22.2. The fourth-order valence-electron chi connectivity index (χ4n) is 2.62. The summed E-state index contributed by atoms with van der Waals surface area (Å²) in [5, 5.41) is 9.46. The molecule has 0 spiro atoms. The van der Waals surface area contributed by atoms with Crippen LogP contribution in [0, 0.1) is 5.41 Å². The summed E-state index contributed by atoms with van der Waals surface area (Å²) in [4.78, 5) is 26.2. The maximum atomic E-state index is 12.4. The number of halogens is 2. The molecule has 0 aromatic carbocycles. The zero-order valence-corrected chi connectivity index (χ0v) is 15.0. The fraction of sp³-hybridized carbons (Fsp3) is 0.538. The van der Waals surface area contributed by atoms with Crippen LogP contribution in [0.5, 0.6) is 0 Å². The number of hydrogen-bond acceptors (Lipinski definition) is 3. The molecule has 0 radical (unpaired) electrons. The van der Waals surface area contributed by atoms with Gasteiger partial charge in [0.25, 0.3) is 5.91 Å². The van der Waals surface area contributed by atoms with Gasteiger partial charge in [0, 0.05) is 17.6 Å². The third-order valence-electron chi connectivity index (χ3n) is 3.68. The molecule has 1 saturated heterocycles. The van der Waals surface area contributed by atoms with Gasteiger partial charge < -0.3 is 10.0 Å². The van der Waals surface area contributed by atoms with Crippen LogP contribution in [-0.2, 0) is 4.79 Å². The van der Waals surface area contributed by atoms with Gasteiger partial charge in [0.15, 0.2) is 0 Å². The number of nitrogens with zero attached hydrogens (tertiary/aromatic N) is 1. The monoisotopic (exact) mass is 423 g/mol. The lowest BCUT2D eigenvalue weighted by Crippen LogP contribution is -2.36. The molecular weight excluding hydrogens is 410 g/mol. The van der Waals surface area contributed by atoms with Crippen LogP contribution in [-0.4, -0.2) is 35.0 Å². The molecule has 1 aromatic heterocycles. The van der Waals surface area contributed by atoms with Crippen LogP contribution in [0.25, 0.3) is 0 Å². The van der Waals surface area contributed by atoms with E-state index in [4.69, 9.17) is 0 Å². The van der Waals surface area contributed by atoms with E-state index in [1.54, 1.807) is 11.0 Å². The van der Waals surface area contributed by atoms with Crippen LogP contribution < -0.4 is 0 Å². The molecule has 1 atom stereocenters. The zero-order chi connectivity index (χ0) is 14.9. The molecule has 20 heavy (non-hydrogen) atoms.